The summed E-state index contributed by atoms with van der Waals surface area (Å²) in [5.41, 5.74) is 7.17. The monoisotopic (exact) mass is 524 g/mol. The van der Waals surface area contributed by atoms with Gasteiger partial charge in [-0.1, -0.05) is 12.1 Å². The average Bonchev–Trinajstić information content (AvgIpc) is 3.39. The predicted molar refractivity (Wildman–Crippen MR) is 130 cm³/mol. The van der Waals surface area contributed by atoms with Gasteiger partial charge in [0.15, 0.2) is 23.0 Å². The maximum Gasteiger partial charge on any atom is 0.408 e. The van der Waals surface area contributed by atoms with Crippen LogP contribution in [0.25, 0.3) is 28.1 Å². The number of nitrogens with two attached hydrogens (primary N) is 1. The minimum atomic E-state index is -4.48. The first kappa shape index (κ1) is 26.1. The molecule has 0 saturated carbocycles. The van der Waals surface area contributed by atoms with Crippen LogP contribution in [0.3, 0.4) is 0 Å². The van der Waals surface area contributed by atoms with Crippen LogP contribution < -0.4 is 10.5 Å². The van der Waals surface area contributed by atoms with Gasteiger partial charge >= 0.3 is 6.18 Å². The first-order valence-electron chi connectivity index (χ1n) is 11.3. The second-order valence-electron chi connectivity index (χ2n) is 9.04. The Balaban J connectivity index is 0.00000304. The maximum atomic E-state index is 14.3. The molecule has 0 spiro atoms. The van der Waals surface area contributed by atoms with Crippen LogP contribution in [-0.4, -0.2) is 55.9 Å². The van der Waals surface area contributed by atoms with Gasteiger partial charge in [-0.15, -0.1) is 22.6 Å². The predicted octanol–water partition coefficient (Wildman–Crippen LogP) is 4.93. The molecular weight excluding hydrogens is 500 g/mol. The zero-order chi connectivity index (χ0) is 24.9. The van der Waals surface area contributed by atoms with Gasteiger partial charge < -0.3 is 10.5 Å². The molecule has 1 aromatic carbocycles. The highest BCUT2D eigenvalue weighted by Crippen LogP contribution is 2.39. The van der Waals surface area contributed by atoms with E-state index < -0.39 is 18.0 Å². The van der Waals surface area contributed by atoms with Gasteiger partial charge in [0.1, 0.15) is 11.7 Å². The van der Waals surface area contributed by atoms with Crippen LogP contribution in [0.15, 0.2) is 42.6 Å². The second kappa shape index (κ2) is 9.79. The number of rotatable bonds is 5. The van der Waals surface area contributed by atoms with Crippen LogP contribution in [0, 0.1) is 5.82 Å². The van der Waals surface area contributed by atoms with E-state index in [2.05, 4.69) is 15.2 Å². The molecule has 1 aliphatic heterocycles. The van der Waals surface area contributed by atoms with Crippen molar-refractivity contribution in [2.75, 3.05) is 13.1 Å². The Morgan fingerprint density at radius 1 is 1.11 bits per heavy atom. The molecule has 12 heteroatoms. The molecule has 5 rings (SSSR count). The van der Waals surface area contributed by atoms with Crippen molar-refractivity contribution in [3.63, 3.8) is 0 Å². The molecule has 7 nitrogen and oxygen atoms in total. The molecular formula is C24H25ClF4N6O. The normalized spacial score (nSPS) is 17.6. The Kier molecular flexibility index (Phi) is 7.09. The summed E-state index contributed by atoms with van der Waals surface area (Å²) in [7, 11) is 0. The van der Waals surface area contributed by atoms with Gasteiger partial charge in [0.2, 0.25) is 0 Å². The number of alkyl halides is 3. The van der Waals surface area contributed by atoms with E-state index in [1.807, 2.05) is 0 Å². The number of hydrogen-bond acceptors (Lipinski definition) is 6. The van der Waals surface area contributed by atoms with E-state index in [4.69, 9.17) is 10.5 Å². The number of halogens is 5. The van der Waals surface area contributed by atoms with Gasteiger partial charge in [-0.2, -0.15) is 13.2 Å². The van der Waals surface area contributed by atoms with Crippen LogP contribution >= 0.6 is 12.4 Å². The van der Waals surface area contributed by atoms with Crippen molar-refractivity contribution in [2.45, 2.75) is 44.6 Å². The Morgan fingerprint density at radius 2 is 1.89 bits per heavy atom. The van der Waals surface area contributed by atoms with E-state index in [1.165, 1.54) is 39.8 Å². The van der Waals surface area contributed by atoms with Gasteiger partial charge in [0.25, 0.3) is 0 Å². The highest BCUT2D eigenvalue weighted by molar-refractivity contribution is 5.85. The number of pyridine rings is 2. The fourth-order valence-electron chi connectivity index (χ4n) is 4.49. The van der Waals surface area contributed by atoms with E-state index in [0.717, 1.165) is 0 Å². The quantitative estimate of drug-likeness (QED) is 0.373. The third-order valence-electron chi connectivity index (χ3n) is 6.01. The summed E-state index contributed by atoms with van der Waals surface area (Å²) in [6, 6.07) is 6.98. The van der Waals surface area contributed by atoms with Crippen LogP contribution in [0.4, 0.5) is 17.6 Å². The highest BCUT2D eigenvalue weighted by atomic mass is 35.5. The van der Waals surface area contributed by atoms with Crippen LogP contribution in [-0.2, 0) is 0 Å². The molecule has 0 radical (unpaired) electrons. The van der Waals surface area contributed by atoms with E-state index in [0.29, 0.717) is 28.7 Å². The molecule has 0 bridgehead atoms. The number of aromatic nitrogens is 4. The zero-order valence-electron chi connectivity index (χ0n) is 19.5. The molecule has 1 saturated heterocycles. The third kappa shape index (κ3) is 4.95. The minimum Gasteiger partial charge on any atom is -0.488 e. The lowest BCUT2D eigenvalue weighted by Gasteiger charge is -2.30. The van der Waals surface area contributed by atoms with Crippen molar-refractivity contribution < 1.29 is 22.3 Å². The SMILES string of the molecule is CC(C)Oc1cc2nc(-c3nnc4ccc([C@@H](N5CCC(N)C5)C(F)(F)F)cn34)ccc2cc1F.Cl. The summed E-state index contributed by atoms with van der Waals surface area (Å²) in [5.74, 6) is -0.154. The zero-order valence-corrected chi connectivity index (χ0v) is 20.4. The van der Waals surface area contributed by atoms with Crippen molar-refractivity contribution in [1.82, 2.24) is 24.5 Å². The van der Waals surface area contributed by atoms with E-state index in [-0.39, 0.29) is 54.8 Å². The molecule has 0 aliphatic carbocycles. The third-order valence-corrected chi connectivity index (χ3v) is 6.01. The van der Waals surface area contributed by atoms with Crippen molar-refractivity contribution in [3.8, 4) is 17.3 Å². The molecule has 1 unspecified atom stereocenters. The van der Waals surface area contributed by atoms with Crippen LogP contribution in [0.5, 0.6) is 5.75 Å². The molecule has 4 heterocycles. The maximum absolute atomic E-state index is 14.3. The van der Waals surface area contributed by atoms with Gasteiger partial charge in [-0.3, -0.25) is 9.30 Å². The first-order valence-corrected chi connectivity index (χ1v) is 11.3. The fourth-order valence-corrected chi connectivity index (χ4v) is 4.49. The van der Waals surface area contributed by atoms with Crippen molar-refractivity contribution in [1.29, 1.82) is 0 Å². The van der Waals surface area contributed by atoms with Gasteiger partial charge in [-0.25, -0.2) is 9.37 Å². The molecule has 2 atom stereocenters. The number of fused-ring (bicyclic) bond motifs is 2. The summed E-state index contributed by atoms with van der Waals surface area (Å²) in [6.07, 6.45) is -2.80. The Morgan fingerprint density at radius 3 is 2.56 bits per heavy atom. The van der Waals surface area contributed by atoms with Gasteiger partial charge in [0.05, 0.1) is 11.6 Å². The van der Waals surface area contributed by atoms with Gasteiger partial charge in [-0.05, 0) is 44.0 Å². The van der Waals surface area contributed by atoms with Crippen LogP contribution in [0.2, 0.25) is 0 Å². The van der Waals surface area contributed by atoms with E-state index in [9.17, 15) is 17.6 Å². The standard InChI is InChI=1S/C24H24F4N6O.ClH/c1-13(2)35-20-10-19-14(9-17(20)25)3-5-18(30-19)23-32-31-21-6-4-15(11-34(21)23)22(24(26,27)28)33-8-7-16(29)12-33;/h3-6,9-11,13,16,22H,7-8,12,29H2,1-2H3;1H/t16?,22-;/m1./s1. The molecule has 1 aliphatic rings. The molecule has 2 N–H and O–H groups in total. The first-order chi connectivity index (χ1) is 16.6. The van der Waals surface area contributed by atoms with Crippen molar-refractivity contribution in [2.24, 2.45) is 5.73 Å². The number of benzene rings is 1. The van der Waals surface area contributed by atoms with E-state index >= 15 is 0 Å². The van der Waals surface area contributed by atoms with Crippen molar-refractivity contribution in [3.05, 3.63) is 54.0 Å². The molecule has 36 heavy (non-hydrogen) atoms. The lowest BCUT2D eigenvalue weighted by atomic mass is 10.1. The summed E-state index contributed by atoms with van der Waals surface area (Å²) in [5, 5.41) is 8.81. The molecule has 4 aromatic rings. The number of ether oxygens (including phenoxy) is 1. The second-order valence-corrected chi connectivity index (χ2v) is 9.04. The summed E-state index contributed by atoms with van der Waals surface area (Å²) < 4.78 is 63.6. The lowest BCUT2D eigenvalue weighted by Crippen LogP contribution is -2.38. The molecule has 1 fully saturated rings. The molecule has 0 amide bonds. The minimum absolute atomic E-state index is 0. The topological polar surface area (TPSA) is 81.6 Å². The molecule has 3 aromatic heterocycles. The Labute approximate surface area is 210 Å². The largest absolute Gasteiger partial charge is 0.488 e. The summed E-state index contributed by atoms with van der Waals surface area (Å²) in [4.78, 5) is 5.92. The van der Waals surface area contributed by atoms with Crippen LogP contribution in [0.1, 0.15) is 31.9 Å². The molecule has 192 valence electrons. The van der Waals surface area contributed by atoms with E-state index in [1.54, 1.807) is 26.0 Å². The smallest absolute Gasteiger partial charge is 0.408 e. The summed E-state index contributed by atoms with van der Waals surface area (Å²) in [6.45, 7) is 4.01. The van der Waals surface area contributed by atoms with Gasteiger partial charge in [0, 0.05) is 36.8 Å². The number of likely N-dealkylation sites (tertiary alicyclic amines) is 1. The number of hydrogen-bond donors (Lipinski definition) is 1. The fraction of sp³-hybridized carbons (Fsp3) is 0.375. The number of nitrogens with zero attached hydrogens (tertiary/aromatic N) is 5. The Bertz CT molecular complexity index is 1390. The average molecular weight is 525 g/mol. The lowest BCUT2D eigenvalue weighted by molar-refractivity contribution is -0.183. The van der Waals surface area contributed by atoms with Crippen molar-refractivity contribution >= 4 is 29.0 Å². The highest BCUT2D eigenvalue weighted by Gasteiger charge is 2.46. The Hall–Kier alpha value is -3.02. The summed E-state index contributed by atoms with van der Waals surface area (Å²) >= 11 is 0.